The largest absolute Gasteiger partial charge is 0.403 e. The first-order chi connectivity index (χ1) is 13.3. The van der Waals surface area contributed by atoms with Crippen molar-refractivity contribution >= 4 is 47.0 Å². The van der Waals surface area contributed by atoms with Gasteiger partial charge in [0.15, 0.2) is 4.93 Å². The first-order valence-corrected chi connectivity index (χ1v) is 11.3. The molecular weight excluding hydrogens is 420 g/mol. The maximum atomic E-state index is 12.3. The Morgan fingerprint density at radius 1 is 0.931 bits per heavy atom. The van der Waals surface area contributed by atoms with Crippen molar-refractivity contribution < 1.29 is 38.9 Å². The second-order valence-corrected chi connectivity index (χ2v) is 10.8. The number of hydrogen-bond donors (Lipinski definition) is 2. The molecule has 0 radical (unpaired) electrons. The summed E-state index contributed by atoms with van der Waals surface area (Å²) >= 11 is 1.11. The Hall–Kier alpha value is -1.10. The molecule has 2 atom stereocenters. The number of carbonyl (C=O) groups excluding carboxylic acids is 4. The highest BCUT2D eigenvalue weighted by atomic mass is 32.2. The van der Waals surface area contributed by atoms with E-state index in [0.717, 1.165) is 0 Å². The highest BCUT2D eigenvalue weighted by Gasteiger charge is 2.60. The highest BCUT2D eigenvalue weighted by molar-refractivity contribution is 8.21. The summed E-state index contributed by atoms with van der Waals surface area (Å²) in [5, 5.41) is 20.7. The van der Waals surface area contributed by atoms with E-state index in [0.29, 0.717) is 23.5 Å². The summed E-state index contributed by atoms with van der Waals surface area (Å²) in [6.45, 7) is 8.94. The van der Waals surface area contributed by atoms with Crippen LogP contribution < -0.4 is 0 Å². The van der Waals surface area contributed by atoms with Gasteiger partial charge in [-0.05, 0) is 41.8 Å². The van der Waals surface area contributed by atoms with Crippen LogP contribution in [0.3, 0.4) is 0 Å². The molecule has 1 saturated heterocycles. The predicted octanol–water partition coefficient (Wildman–Crippen LogP) is 2.59. The molecule has 1 aliphatic heterocycles. The Kier molecular flexibility index (Phi) is 9.65. The number of aliphatic hydroxyl groups excluding tert-OH is 1. The summed E-state index contributed by atoms with van der Waals surface area (Å²) in [6.07, 6.45) is -0.584. The Bertz CT molecular complexity index is 596. The summed E-state index contributed by atoms with van der Waals surface area (Å²) < 4.78 is 8.41. The van der Waals surface area contributed by atoms with Crippen molar-refractivity contribution in [3.05, 3.63) is 0 Å². The molecule has 1 aliphatic rings. The van der Waals surface area contributed by atoms with Crippen molar-refractivity contribution in [1.29, 1.82) is 0 Å². The molecule has 0 aromatic rings. The Balaban J connectivity index is 2.91. The number of Topliss-reactive ketones (excluding diaryl/α,β-unsaturated/α-hetero) is 2. The van der Waals surface area contributed by atoms with E-state index in [2.05, 4.69) is 0 Å². The normalized spacial score (nSPS) is 23.3. The number of aliphatic hydroxyl groups is 2. The van der Waals surface area contributed by atoms with E-state index in [4.69, 9.17) is 9.47 Å². The molecule has 1 fully saturated rings. The Morgan fingerprint density at radius 2 is 1.34 bits per heavy atom. The lowest BCUT2D eigenvalue weighted by Crippen LogP contribution is -2.35. The van der Waals surface area contributed by atoms with E-state index in [1.807, 2.05) is 27.7 Å². The van der Waals surface area contributed by atoms with Crippen LogP contribution in [0.5, 0.6) is 0 Å². The van der Waals surface area contributed by atoms with Crippen LogP contribution >= 0.6 is 23.5 Å². The SMILES string of the molecule is CCC1(O)SC(OC(=O)CC(=O)CC(C)C)(OC(=O)CC(=O)CC(C)C)SC1O. The van der Waals surface area contributed by atoms with Crippen LogP contribution in [0.15, 0.2) is 0 Å². The van der Waals surface area contributed by atoms with Crippen LogP contribution in [0.1, 0.15) is 66.7 Å². The third-order valence-electron chi connectivity index (χ3n) is 3.88. The van der Waals surface area contributed by atoms with E-state index >= 15 is 0 Å². The second kappa shape index (κ2) is 10.8. The van der Waals surface area contributed by atoms with E-state index in [1.165, 1.54) is 0 Å². The minimum atomic E-state index is -2.07. The van der Waals surface area contributed by atoms with Gasteiger partial charge in [-0.25, -0.2) is 0 Å². The molecule has 0 spiro atoms. The van der Waals surface area contributed by atoms with Gasteiger partial charge in [0.05, 0.1) is 0 Å². The van der Waals surface area contributed by atoms with Crippen LogP contribution in [0.25, 0.3) is 0 Å². The number of rotatable bonds is 11. The summed E-state index contributed by atoms with van der Waals surface area (Å²) in [7, 11) is 0. The van der Waals surface area contributed by atoms with Crippen LogP contribution in [0.4, 0.5) is 0 Å². The zero-order valence-corrected chi connectivity index (χ0v) is 19.1. The van der Waals surface area contributed by atoms with E-state index in [1.54, 1.807) is 6.92 Å². The Labute approximate surface area is 179 Å². The zero-order chi connectivity index (χ0) is 22.4. The van der Waals surface area contributed by atoms with Gasteiger partial charge in [-0.15, -0.1) is 0 Å². The van der Waals surface area contributed by atoms with Gasteiger partial charge in [-0.2, -0.15) is 0 Å². The maximum Gasteiger partial charge on any atom is 0.363 e. The van der Waals surface area contributed by atoms with E-state index < -0.39 is 39.6 Å². The topological polar surface area (TPSA) is 127 Å². The first-order valence-electron chi connectivity index (χ1n) is 9.56. The summed E-state index contributed by atoms with van der Waals surface area (Å²) in [5.41, 5.74) is -1.41. The van der Waals surface area contributed by atoms with Crippen molar-refractivity contribution in [1.82, 2.24) is 0 Å². The maximum absolute atomic E-state index is 12.3. The average Bonchev–Trinajstić information content (AvgIpc) is 2.75. The first kappa shape index (κ1) is 25.9. The van der Waals surface area contributed by atoms with Gasteiger partial charge < -0.3 is 19.7 Å². The second-order valence-electron chi connectivity index (χ2n) is 7.85. The van der Waals surface area contributed by atoms with Crippen molar-refractivity contribution in [2.24, 2.45) is 11.8 Å². The average molecular weight is 451 g/mol. The molecule has 0 bridgehead atoms. The fraction of sp³-hybridized carbons (Fsp3) is 0.789. The molecule has 0 saturated carbocycles. The Morgan fingerprint density at radius 3 is 1.66 bits per heavy atom. The van der Waals surface area contributed by atoms with Crippen LogP contribution in [-0.2, 0) is 28.7 Å². The van der Waals surface area contributed by atoms with Gasteiger partial charge in [-0.3, -0.25) is 19.2 Å². The molecule has 0 amide bonds. The summed E-state index contributed by atoms with van der Waals surface area (Å²) in [5.74, 6) is -2.42. The quantitative estimate of drug-likeness (QED) is 0.275. The summed E-state index contributed by atoms with van der Waals surface area (Å²) in [4.78, 5) is 46.6. The van der Waals surface area contributed by atoms with Crippen molar-refractivity contribution in [2.45, 2.75) is 81.5 Å². The molecule has 2 N–H and O–H groups in total. The zero-order valence-electron chi connectivity index (χ0n) is 17.4. The third kappa shape index (κ3) is 8.27. The molecule has 0 aliphatic carbocycles. The van der Waals surface area contributed by atoms with E-state index in [-0.39, 0.29) is 42.7 Å². The molecule has 2 unspecified atom stereocenters. The minimum absolute atomic E-state index is 0.0660. The number of thioether (sulfide) groups is 2. The lowest BCUT2D eigenvalue weighted by atomic mass is 10.1. The highest BCUT2D eigenvalue weighted by Crippen LogP contribution is 2.59. The van der Waals surface area contributed by atoms with Crippen LogP contribution in [0, 0.1) is 11.8 Å². The number of ether oxygens (including phenoxy) is 2. The van der Waals surface area contributed by atoms with Crippen molar-refractivity contribution in [3.8, 4) is 0 Å². The van der Waals surface area contributed by atoms with E-state index in [9.17, 15) is 29.4 Å². The number of esters is 2. The molecule has 0 aromatic heterocycles. The molecule has 8 nitrogen and oxygen atoms in total. The number of hydrogen-bond acceptors (Lipinski definition) is 10. The molecule has 1 rings (SSSR count). The molecule has 1 heterocycles. The number of carbonyl (C=O) groups is 4. The fourth-order valence-electron chi connectivity index (χ4n) is 2.61. The molecule has 10 heteroatoms. The van der Waals surface area contributed by atoms with Gasteiger partial charge in [-0.1, -0.05) is 34.6 Å². The van der Waals surface area contributed by atoms with Crippen LogP contribution in [-0.4, -0.2) is 48.5 Å². The van der Waals surface area contributed by atoms with Gasteiger partial charge in [0, 0.05) is 12.8 Å². The predicted molar refractivity (Wildman–Crippen MR) is 110 cm³/mol. The van der Waals surface area contributed by atoms with Crippen molar-refractivity contribution in [3.63, 3.8) is 0 Å². The molecule has 29 heavy (non-hydrogen) atoms. The lowest BCUT2D eigenvalue weighted by molar-refractivity contribution is -0.178. The van der Waals surface area contributed by atoms with Gasteiger partial charge in [0.1, 0.15) is 29.8 Å². The van der Waals surface area contributed by atoms with Crippen molar-refractivity contribution in [2.75, 3.05) is 0 Å². The smallest absolute Gasteiger partial charge is 0.363 e. The molecule has 0 aromatic carbocycles. The third-order valence-corrected chi connectivity index (χ3v) is 6.92. The number of ketones is 2. The fourth-order valence-corrected chi connectivity index (χ4v) is 5.65. The van der Waals surface area contributed by atoms with Crippen LogP contribution in [0.2, 0.25) is 0 Å². The minimum Gasteiger partial charge on any atom is -0.403 e. The standard InChI is InChI=1S/C19H30O8S2/c1-6-18(25)17(24)28-19(29-18,26-15(22)9-13(20)7-11(2)3)27-16(23)10-14(21)8-12(4)5/h11-12,17,24-25H,6-10H2,1-5H3. The monoisotopic (exact) mass is 450 g/mol. The van der Waals surface area contributed by atoms with Gasteiger partial charge >= 0.3 is 16.4 Å². The van der Waals surface area contributed by atoms with Gasteiger partial charge in [0.25, 0.3) is 0 Å². The summed E-state index contributed by atoms with van der Waals surface area (Å²) in [6, 6.07) is 0. The van der Waals surface area contributed by atoms with Gasteiger partial charge in [0.2, 0.25) is 0 Å². The molecule has 166 valence electrons. The lowest BCUT2D eigenvalue weighted by Gasteiger charge is -2.27. The molecular formula is C19H30O8S2.